The second kappa shape index (κ2) is 10.9. The number of likely N-dealkylation sites (tertiary alicyclic amines) is 1. The Morgan fingerprint density at radius 2 is 1.67 bits per heavy atom. The standard InChI is InChI=1S/C25H31ClN2O4S/c26-23-18-22(33(30,31)28-13-5-2-6-14-28)9-10-24(23)32-19-25(29)27-15-11-21(12-16-27)17-20-7-3-1-4-8-20/h1,3-4,7-10,18,21H,2,5-6,11-17,19H2. The number of nitrogens with zero attached hydrogens (tertiary/aromatic N) is 2. The van der Waals surface area contributed by atoms with E-state index >= 15 is 0 Å². The minimum atomic E-state index is -3.56. The summed E-state index contributed by atoms with van der Waals surface area (Å²) in [7, 11) is -3.56. The highest BCUT2D eigenvalue weighted by Gasteiger charge is 2.27. The number of sulfonamides is 1. The van der Waals surface area contributed by atoms with E-state index in [0.29, 0.717) is 24.8 Å². The van der Waals surface area contributed by atoms with Crippen LogP contribution in [0.2, 0.25) is 5.02 Å². The maximum Gasteiger partial charge on any atom is 0.260 e. The molecule has 0 aromatic heterocycles. The lowest BCUT2D eigenvalue weighted by atomic mass is 9.90. The Morgan fingerprint density at radius 3 is 2.33 bits per heavy atom. The van der Waals surface area contributed by atoms with Crippen LogP contribution in [-0.2, 0) is 21.2 Å². The van der Waals surface area contributed by atoms with E-state index in [0.717, 1.165) is 51.6 Å². The number of hydrogen-bond acceptors (Lipinski definition) is 4. The van der Waals surface area contributed by atoms with Crippen molar-refractivity contribution in [2.45, 2.75) is 43.4 Å². The van der Waals surface area contributed by atoms with Gasteiger partial charge in [0.1, 0.15) is 5.75 Å². The van der Waals surface area contributed by atoms with E-state index in [9.17, 15) is 13.2 Å². The van der Waals surface area contributed by atoms with Gasteiger partial charge in [-0.1, -0.05) is 48.4 Å². The fourth-order valence-corrected chi connectivity index (χ4v) is 6.42. The molecule has 4 rings (SSSR count). The Kier molecular flexibility index (Phi) is 7.94. The van der Waals surface area contributed by atoms with Crippen LogP contribution in [0.5, 0.6) is 5.75 Å². The lowest BCUT2D eigenvalue weighted by molar-refractivity contribution is -0.134. The molecule has 1 amide bonds. The zero-order valence-electron chi connectivity index (χ0n) is 18.8. The van der Waals surface area contributed by atoms with E-state index in [4.69, 9.17) is 16.3 Å². The van der Waals surface area contributed by atoms with Gasteiger partial charge in [0.25, 0.3) is 5.91 Å². The van der Waals surface area contributed by atoms with Crippen molar-refractivity contribution in [3.8, 4) is 5.75 Å². The van der Waals surface area contributed by atoms with Gasteiger partial charge in [-0.15, -0.1) is 0 Å². The normalized spacial score (nSPS) is 18.3. The third kappa shape index (κ3) is 6.08. The van der Waals surface area contributed by atoms with Gasteiger partial charge >= 0.3 is 0 Å². The highest BCUT2D eigenvalue weighted by atomic mass is 35.5. The minimum absolute atomic E-state index is 0.0748. The molecule has 0 saturated carbocycles. The predicted molar refractivity (Wildman–Crippen MR) is 129 cm³/mol. The second-order valence-corrected chi connectivity index (χ2v) is 11.2. The quantitative estimate of drug-likeness (QED) is 0.577. The molecule has 0 N–H and O–H groups in total. The SMILES string of the molecule is O=C(COc1ccc(S(=O)(=O)N2CCCCC2)cc1Cl)N1CCC(Cc2ccccc2)CC1. The molecule has 0 unspecified atom stereocenters. The average Bonchev–Trinajstić information content (AvgIpc) is 2.84. The molecule has 0 bridgehead atoms. The van der Waals surface area contributed by atoms with Gasteiger partial charge in [-0.25, -0.2) is 8.42 Å². The molecule has 0 spiro atoms. The van der Waals surface area contributed by atoms with E-state index in [2.05, 4.69) is 24.3 Å². The van der Waals surface area contributed by atoms with Crippen LogP contribution in [0.25, 0.3) is 0 Å². The smallest absolute Gasteiger partial charge is 0.260 e. The van der Waals surface area contributed by atoms with Crippen LogP contribution in [0.4, 0.5) is 0 Å². The first-order valence-corrected chi connectivity index (χ1v) is 13.5. The van der Waals surface area contributed by atoms with Crippen LogP contribution >= 0.6 is 11.6 Å². The van der Waals surface area contributed by atoms with Crippen molar-refractivity contribution in [2.75, 3.05) is 32.8 Å². The van der Waals surface area contributed by atoms with Crippen molar-refractivity contribution in [1.82, 2.24) is 9.21 Å². The topological polar surface area (TPSA) is 66.9 Å². The molecule has 2 saturated heterocycles. The third-order valence-corrected chi connectivity index (χ3v) is 8.73. The van der Waals surface area contributed by atoms with E-state index in [1.807, 2.05) is 11.0 Å². The molecule has 33 heavy (non-hydrogen) atoms. The van der Waals surface area contributed by atoms with Crippen molar-refractivity contribution in [3.05, 3.63) is 59.1 Å². The molecule has 178 valence electrons. The largest absolute Gasteiger partial charge is 0.482 e. The first kappa shape index (κ1) is 24.0. The number of carbonyl (C=O) groups is 1. The lowest BCUT2D eigenvalue weighted by Gasteiger charge is -2.32. The van der Waals surface area contributed by atoms with Crippen LogP contribution in [0, 0.1) is 5.92 Å². The van der Waals surface area contributed by atoms with Crippen molar-refractivity contribution in [2.24, 2.45) is 5.92 Å². The summed E-state index contributed by atoms with van der Waals surface area (Å²) in [4.78, 5) is 14.6. The number of carbonyl (C=O) groups excluding carboxylic acids is 1. The summed E-state index contributed by atoms with van der Waals surface area (Å²) in [6, 6.07) is 14.9. The highest BCUT2D eigenvalue weighted by Crippen LogP contribution is 2.30. The van der Waals surface area contributed by atoms with Crippen molar-refractivity contribution in [3.63, 3.8) is 0 Å². The van der Waals surface area contributed by atoms with Gasteiger partial charge in [-0.2, -0.15) is 4.31 Å². The molecule has 6 nitrogen and oxygen atoms in total. The maximum atomic E-state index is 12.8. The summed E-state index contributed by atoms with van der Waals surface area (Å²) in [5.74, 6) is 0.831. The van der Waals surface area contributed by atoms with Crippen LogP contribution in [0.15, 0.2) is 53.4 Å². The van der Waals surface area contributed by atoms with Crippen LogP contribution in [0.1, 0.15) is 37.7 Å². The van der Waals surface area contributed by atoms with E-state index in [1.165, 1.54) is 22.0 Å². The Morgan fingerprint density at radius 1 is 0.970 bits per heavy atom. The van der Waals surface area contributed by atoms with Crippen molar-refractivity contribution in [1.29, 1.82) is 0 Å². The number of piperidine rings is 2. The number of halogens is 1. The molecule has 2 fully saturated rings. The summed E-state index contributed by atoms with van der Waals surface area (Å²) >= 11 is 6.31. The van der Waals surface area contributed by atoms with Crippen LogP contribution in [0.3, 0.4) is 0 Å². The molecule has 0 aliphatic carbocycles. The monoisotopic (exact) mass is 490 g/mol. The Balaban J connectivity index is 1.28. The first-order valence-electron chi connectivity index (χ1n) is 11.7. The Hall–Kier alpha value is -2.09. The van der Waals surface area contributed by atoms with Gasteiger partial charge in [0, 0.05) is 26.2 Å². The zero-order valence-corrected chi connectivity index (χ0v) is 20.4. The molecule has 0 atom stereocenters. The summed E-state index contributed by atoms with van der Waals surface area (Å²) < 4.78 is 32.8. The molecule has 0 radical (unpaired) electrons. The number of rotatable bonds is 7. The second-order valence-electron chi connectivity index (χ2n) is 8.86. The lowest BCUT2D eigenvalue weighted by Crippen LogP contribution is -2.41. The molecule has 2 heterocycles. The fraction of sp³-hybridized carbons (Fsp3) is 0.480. The maximum absolute atomic E-state index is 12.8. The summed E-state index contributed by atoms with van der Waals surface area (Å²) in [5.41, 5.74) is 1.34. The number of benzene rings is 2. The van der Waals surface area contributed by atoms with Gasteiger partial charge in [-0.05, 0) is 61.8 Å². The first-order chi connectivity index (χ1) is 15.9. The van der Waals surface area contributed by atoms with Gasteiger partial charge in [-0.3, -0.25) is 4.79 Å². The fourth-order valence-electron chi connectivity index (χ4n) is 4.58. The van der Waals surface area contributed by atoms with Crippen molar-refractivity contribution >= 4 is 27.5 Å². The predicted octanol–water partition coefficient (Wildman–Crippen LogP) is 4.37. The van der Waals surface area contributed by atoms with Gasteiger partial charge < -0.3 is 9.64 Å². The van der Waals surface area contributed by atoms with Crippen LogP contribution < -0.4 is 4.74 Å². The summed E-state index contributed by atoms with van der Waals surface area (Å²) in [6.45, 7) is 2.41. The molecule has 2 aliphatic rings. The summed E-state index contributed by atoms with van der Waals surface area (Å²) in [6.07, 6.45) is 5.80. The van der Waals surface area contributed by atoms with E-state index < -0.39 is 10.0 Å². The highest BCUT2D eigenvalue weighted by molar-refractivity contribution is 7.89. The number of amides is 1. The number of ether oxygens (including phenoxy) is 1. The molecular weight excluding hydrogens is 460 g/mol. The average molecular weight is 491 g/mol. The van der Waals surface area contributed by atoms with Crippen LogP contribution in [-0.4, -0.2) is 56.3 Å². The Labute approximate surface area is 201 Å². The molecule has 2 aromatic rings. The van der Waals surface area contributed by atoms with E-state index in [1.54, 1.807) is 6.07 Å². The molecular formula is C25H31ClN2O4S. The Bertz CT molecular complexity index is 1050. The summed E-state index contributed by atoms with van der Waals surface area (Å²) in [5, 5.41) is 0.197. The zero-order chi connectivity index (χ0) is 23.3. The molecule has 8 heteroatoms. The van der Waals surface area contributed by atoms with E-state index in [-0.39, 0.29) is 22.4 Å². The number of hydrogen-bond donors (Lipinski definition) is 0. The van der Waals surface area contributed by atoms with Gasteiger partial charge in [0.05, 0.1) is 9.92 Å². The van der Waals surface area contributed by atoms with Gasteiger partial charge in [0.15, 0.2) is 6.61 Å². The minimum Gasteiger partial charge on any atom is -0.482 e. The molecule has 2 aromatic carbocycles. The molecule has 2 aliphatic heterocycles. The van der Waals surface area contributed by atoms with Crippen molar-refractivity contribution < 1.29 is 17.9 Å². The third-order valence-electron chi connectivity index (χ3n) is 6.54. The van der Waals surface area contributed by atoms with Gasteiger partial charge in [0.2, 0.25) is 10.0 Å².